The number of aliphatic hydroxyl groups is 2. The summed E-state index contributed by atoms with van der Waals surface area (Å²) >= 11 is 0. The smallest absolute Gasteiger partial charge is 0.390 e. The third-order valence-electron chi connectivity index (χ3n) is 7.13. The summed E-state index contributed by atoms with van der Waals surface area (Å²) in [5, 5.41) is 24.2. The minimum atomic E-state index is -4.52. The monoisotopic (exact) mass is 537 g/mol. The van der Waals surface area contributed by atoms with E-state index in [1.165, 1.54) is 12.1 Å². The van der Waals surface area contributed by atoms with Gasteiger partial charge in [0.1, 0.15) is 6.10 Å². The van der Waals surface area contributed by atoms with Crippen molar-refractivity contribution in [2.24, 2.45) is 0 Å². The maximum atomic E-state index is 13.5. The third-order valence-corrected chi connectivity index (χ3v) is 7.13. The van der Waals surface area contributed by atoms with Gasteiger partial charge in [0.15, 0.2) is 5.60 Å². The molecule has 1 aliphatic heterocycles. The molecule has 2 aliphatic rings. The van der Waals surface area contributed by atoms with E-state index in [4.69, 9.17) is 14.2 Å². The second kappa shape index (κ2) is 12.1. The first-order valence-electron chi connectivity index (χ1n) is 12.8. The second-order valence-electron chi connectivity index (χ2n) is 10.1. The van der Waals surface area contributed by atoms with Crippen molar-refractivity contribution in [3.63, 3.8) is 0 Å². The Morgan fingerprint density at radius 2 is 1.87 bits per heavy atom. The average molecular weight is 538 g/mol. The Morgan fingerprint density at radius 3 is 2.55 bits per heavy atom. The molecular formula is C28H34F3NO6. The highest BCUT2D eigenvalue weighted by molar-refractivity contribution is 5.85. The zero-order valence-corrected chi connectivity index (χ0v) is 21.2. The van der Waals surface area contributed by atoms with E-state index < -0.39 is 41.6 Å². The molecule has 4 rings (SSSR count). The maximum absolute atomic E-state index is 13.5. The largest absolute Gasteiger partial charge is 0.416 e. The Hall–Kier alpha value is -2.50. The molecule has 0 aromatic heterocycles. The lowest BCUT2D eigenvalue weighted by atomic mass is 9.78. The standard InChI is InChI=1S/C28H34F3NO6/c1-18-7-9-19(10-8-18)16-37-24-14-27(13-23(33)25(24)34,26(35)32-15-22-6-3-11-36-22)38-17-20-4-2-5-21(12-20)28(29,30)31/h2,4-5,7-10,12,22-25,33-34H,3,6,11,13-17H2,1H3,(H,32,35)/t22-,23-,24-,25-,27+/m1/s1. The molecule has 1 aliphatic carbocycles. The van der Waals surface area contributed by atoms with Crippen LogP contribution >= 0.6 is 0 Å². The molecule has 2 fully saturated rings. The maximum Gasteiger partial charge on any atom is 0.416 e. The number of ether oxygens (including phenoxy) is 3. The van der Waals surface area contributed by atoms with E-state index in [2.05, 4.69) is 5.32 Å². The number of halogens is 3. The van der Waals surface area contributed by atoms with Crippen LogP contribution in [0.5, 0.6) is 0 Å². The van der Waals surface area contributed by atoms with Crippen LogP contribution in [-0.4, -0.2) is 59.3 Å². The SMILES string of the molecule is Cc1ccc(CO[C@@H]2C[C@](OCc3cccc(C(F)(F)F)c3)(C(=O)NC[C@H]3CCCO3)C[C@@H](O)[C@H]2O)cc1. The zero-order valence-electron chi connectivity index (χ0n) is 21.2. The van der Waals surface area contributed by atoms with E-state index in [-0.39, 0.29) is 44.3 Å². The topological polar surface area (TPSA) is 97.3 Å². The molecule has 0 spiro atoms. The Morgan fingerprint density at radius 1 is 1.11 bits per heavy atom. The molecule has 0 bridgehead atoms. The van der Waals surface area contributed by atoms with Gasteiger partial charge in [-0.05, 0) is 43.0 Å². The van der Waals surface area contributed by atoms with Gasteiger partial charge in [-0.25, -0.2) is 0 Å². The molecule has 5 atom stereocenters. The Labute approximate surface area is 219 Å². The van der Waals surface area contributed by atoms with E-state index in [9.17, 15) is 28.2 Å². The lowest BCUT2D eigenvalue weighted by molar-refractivity contribution is -0.200. The van der Waals surface area contributed by atoms with Crippen LogP contribution in [0.25, 0.3) is 0 Å². The van der Waals surface area contributed by atoms with Gasteiger partial charge in [0.2, 0.25) is 0 Å². The molecule has 7 nitrogen and oxygen atoms in total. The number of amides is 1. The lowest BCUT2D eigenvalue weighted by Gasteiger charge is -2.44. The van der Waals surface area contributed by atoms with E-state index in [1.807, 2.05) is 31.2 Å². The highest BCUT2D eigenvalue weighted by Crippen LogP contribution is 2.36. The van der Waals surface area contributed by atoms with E-state index >= 15 is 0 Å². The summed E-state index contributed by atoms with van der Waals surface area (Å²) < 4.78 is 57.2. The van der Waals surface area contributed by atoms with E-state index in [0.717, 1.165) is 36.1 Å². The Kier molecular flexibility index (Phi) is 9.10. The van der Waals surface area contributed by atoms with Crippen molar-refractivity contribution in [3.05, 3.63) is 70.8 Å². The fourth-order valence-corrected chi connectivity index (χ4v) is 4.88. The number of hydrogen-bond acceptors (Lipinski definition) is 6. The van der Waals surface area contributed by atoms with Crippen LogP contribution in [-0.2, 0) is 38.4 Å². The van der Waals surface area contributed by atoms with Crippen molar-refractivity contribution in [2.45, 2.75) is 82.0 Å². The van der Waals surface area contributed by atoms with Crippen molar-refractivity contribution >= 4 is 5.91 Å². The lowest BCUT2D eigenvalue weighted by Crippen LogP contribution is -2.61. The number of hydrogen-bond donors (Lipinski definition) is 3. The molecular weight excluding hydrogens is 503 g/mol. The van der Waals surface area contributed by atoms with Crippen molar-refractivity contribution in [1.29, 1.82) is 0 Å². The fraction of sp³-hybridized carbons (Fsp3) is 0.536. The van der Waals surface area contributed by atoms with Crippen LogP contribution in [0, 0.1) is 6.92 Å². The van der Waals surface area contributed by atoms with Gasteiger partial charge in [-0.3, -0.25) is 4.79 Å². The number of alkyl halides is 3. The van der Waals surface area contributed by atoms with E-state index in [0.29, 0.717) is 6.61 Å². The fourth-order valence-electron chi connectivity index (χ4n) is 4.88. The van der Waals surface area contributed by atoms with Crippen molar-refractivity contribution in [1.82, 2.24) is 5.32 Å². The molecule has 10 heteroatoms. The van der Waals surface area contributed by atoms with Gasteiger partial charge in [0.05, 0.1) is 37.1 Å². The third kappa shape index (κ3) is 7.12. The average Bonchev–Trinajstić information content (AvgIpc) is 3.41. The number of rotatable bonds is 9. The van der Waals surface area contributed by atoms with E-state index in [1.54, 1.807) is 0 Å². The van der Waals surface area contributed by atoms with Crippen LogP contribution in [0.1, 0.15) is 47.9 Å². The summed E-state index contributed by atoms with van der Waals surface area (Å²) in [6.07, 6.45) is -6.88. The van der Waals surface area contributed by atoms with Gasteiger partial charge in [-0.2, -0.15) is 13.2 Å². The van der Waals surface area contributed by atoms with Gasteiger partial charge in [0.25, 0.3) is 5.91 Å². The molecule has 0 unspecified atom stereocenters. The first-order valence-corrected chi connectivity index (χ1v) is 12.8. The van der Waals surface area contributed by atoms with Crippen molar-refractivity contribution in [2.75, 3.05) is 13.2 Å². The first-order chi connectivity index (χ1) is 18.1. The molecule has 2 aromatic rings. The highest BCUT2D eigenvalue weighted by Gasteiger charge is 2.51. The van der Waals surface area contributed by atoms with Crippen LogP contribution in [0.15, 0.2) is 48.5 Å². The van der Waals surface area contributed by atoms with Gasteiger partial charge < -0.3 is 29.7 Å². The molecule has 3 N–H and O–H groups in total. The Balaban J connectivity index is 1.53. The minimum absolute atomic E-state index is 0.0899. The molecule has 0 radical (unpaired) electrons. The predicted octanol–water partition coefficient (Wildman–Crippen LogP) is 3.67. The van der Waals surface area contributed by atoms with Gasteiger partial charge in [0, 0.05) is 26.0 Å². The van der Waals surface area contributed by atoms with Crippen LogP contribution < -0.4 is 5.32 Å². The molecule has 2 aromatic carbocycles. The summed E-state index contributed by atoms with van der Waals surface area (Å²) in [6.45, 7) is 2.64. The van der Waals surface area contributed by atoms with Gasteiger partial charge >= 0.3 is 6.18 Å². The quantitative estimate of drug-likeness (QED) is 0.452. The summed E-state index contributed by atoms with van der Waals surface area (Å²) in [4.78, 5) is 13.5. The normalized spacial score (nSPS) is 27.8. The predicted molar refractivity (Wildman–Crippen MR) is 132 cm³/mol. The highest BCUT2D eigenvalue weighted by atomic mass is 19.4. The summed E-state index contributed by atoms with van der Waals surface area (Å²) in [5.41, 5.74) is -0.311. The minimum Gasteiger partial charge on any atom is -0.390 e. The number of aryl methyl sites for hydroxylation is 1. The summed E-state index contributed by atoms with van der Waals surface area (Å²) in [5.74, 6) is -0.533. The van der Waals surface area contributed by atoms with Crippen molar-refractivity contribution in [3.8, 4) is 0 Å². The number of aliphatic hydroxyl groups excluding tert-OH is 2. The van der Waals surface area contributed by atoms with Crippen LogP contribution in [0.2, 0.25) is 0 Å². The summed E-state index contributed by atoms with van der Waals surface area (Å²) in [7, 11) is 0. The number of carbonyl (C=O) groups excluding carboxylic acids is 1. The molecule has 208 valence electrons. The molecule has 1 saturated heterocycles. The molecule has 1 saturated carbocycles. The number of carbonyl (C=O) groups is 1. The summed E-state index contributed by atoms with van der Waals surface area (Å²) in [6, 6.07) is 12.3. The first kappa shape index (κ1) is 28.5. The van der Waals surface area contributed by atoms with Crippen LogP contribution in [0.4, 0.5) is 13.2 Å². The van der Waals surface area contributed by atoms with Crippen molar-refractivity contribution < 1.29 is 42.4 Å². The van der Waals surface area contributed by atoms with Gasteiger partial charge in [-0.1, -0.05) is 42.0 Å². The Bertz CT molecular complexity index is 1070. The molecule has 1 amide bonds. The zero-order chi connectivity index (χ0) is 27.3. The van der Waals surface area contributed by atoms with Gasteiger partial charge in [-0.15, -0.1) is 0 Å². The number of benzene rings is 2. The van der Waals surface area contributed by atoms with Crippen LogP contribution in [0.3, 0.4) is 0 Å². The molecule has 38 heavy (non-hydrogen) atoms. The number of nitrogens with one attached hydrogen (secondary N) is 1. The second-order valence-corrected chi connectivity index (χ2v) is 10.1. The molecule has 1 heterocycles.